The van der Waals surface area contributed by atoms with Gasteiger partial charge in [-0.05, 0) is 43.7 Å². The van der Waals surface area contributed by atoms with Crippen LogP contribution in [0.4, 0.5) is 10.5 Å². The maximum Gasteiger partial charge on any atom is 0.321 e. The van der Waals surface area contributed by atoms with Gasteiger partial charge in [0.1, 0.15) is 0 Å². The smallest absolute Gasteiger partial charge is 0.321 e. The van der Waals surface area contributed by atoms with Crippen LogP contribution in [0.25, 0.3) is 0 Å². The molecule has 1 heterocycles. The summed E-state index contributed by atoms with van der Waals surface area (Å²) in [4.78, 5) is 14.2. The van der Waals surface area contributed by atoms with E-state index in [1.807, 2.05) is 36.1 Å². The van der Waals surface area contributed by atoms with E-state index >= 15 is 0 Å². The number of rotatable bonds is 1. The third-order valence-electron chi connectivity index (χ3n) is 4.21. The van der Waals surface area contributed by atoms with Crippen LogP contribution >= 0.6 is 0 Å². The fourth-order valence-corrected chi connectivity index (χ4v) is 3.02. The van der Waals surface area contributed by atoms with Gasteiger partial charge in [0.2, 0.25) is 0 Å². The number of nitrogens with zero attached hydrogens (tertiary/aromatic N) is 1. The molecule has 1 aliphatic carbocycles. The third kappa shape index (κ3) is 2.65. The molecule has 3 heteroatoms. The molecule has 1 fully saturated rings. The Morgan fingerprint density at radius 1 is 1.11 bits per heavy atom. The molecular formula is C16H20N2O. The minimum atomic E-state index is 0.0400. The molecule has 1 aromatic carbocycles. The van der Waals surface area contributed by atoms with Gasteiger partial charge in [-0.3, -0.25) is 0 Å². The van der Waals surface area contributed by atoms with Crippen molar-refractivity contribution in [2.75, 3.05) is 18.4 Å². The van der Waals surface area contributed by atoms with Crippen LogP contribution in [0.3, 0.4) is 0 Å². The highest BCUT2D eigenvalue weighted by Gasteiger charge is 2.34. The van der Waals surface area contributed by atoms with Gasteiger partial charge < -0.3 is 10.2 Å². The quantitative estimate of drug-likeness (QED) is 0.767. The molecule has 3 rings (SSSR count). The van der Waals surface area contributed by atoms with E-state index in [4.69, 9.17) is 0 Å². The lowest BCUT2D eigenvalue weighted by atomic mass is 9.86. The molecule has 2 aliphatic rings. The first-order valence-electron chi connectivity index (χ1n) is 7.00. The second-order valence-electron chi connectivity index (χ2n) is 5.66. The fourth-order valence-electron chi connectivity index (χ4n) is 3.02. The number of aryl methyl sites for hydroxylation is 1. The number of nitrogens with one attached hydrogen (secondary N) is 1. The van der Waals surface area contributed by atoms with Gasteiger partial charge in [-0.15, -0.1) is 0 Å². The zero-order valence-corrected chi connectivity index (χ0v) is 11.3. The standard InChI is InChI=1S/C16H20N2O/c1-12-6-8-15(9-7-12)17-16(19)18-10-13-4-2-3-5-14(13)11-18/h2-3,6-9,13-14H,4-5,10-11H2,1H3,(H,17,19). The summed E-state index contributed by atoms with van der Waals surface area (Å²) in [6, 6.07) is 7.99. The Hall–Kier alpha value is -1.77. The molecule has 2 amide bonds. The molecule has 19 heavy (non-hydrogen) atoms. The number of hydrogen-bond donors (Lipinski definition) is 1. The molecule has 1 saturated heterocycles. The Bertz CT molecular complexity index is 476. The van der Waals surface area contributed by atoms with E-state index in [0.29, 0.717) is 11.8 Å². The molecule has 0 aromatic heterocycles. The van der Waals surface area contributed by atoms with E-state index in [2.05, 4.69) is 17.5 Å². The van der Waals surface area contributed by atoms with Crippen molar-refractivity contribution in [2.45, 2.75) is 19.8 Å². The van der Waals surface area contributed by atoms with E-state index in [1.165, 1.54) is 5.56 Å². The monoisotopic (exact) mass is 256 g/mol. The molecule has 100 valence electrons. The van der Waals surface area contributed by atoms with E-state index in [-0.39, 0.29) is 6.03 Å². The Balaban J connectivity index is 1.61. The van der Waals surface area contributed by atoms with Crippen molar-refractivity contribution in [2.24, 2.45) is 11.8 Å². The minimum Gasteiger partial charge on any atom is -0.324 e. The van der Waals surface area contributed by atoms with E-state index < -0.39 is 0 Å². The molecule has 0 spiro atoms. The summed E-state index contributed by atoms with van der Waals surface area (Å²) in [6.45, 7) is 3.84. The number of likely N-dealkylation sites (tertiary alicyclic amines) is 1. The van der Waals surface area contributed by atoms with Crippen LogP contribution in [0, 0.1) is 18.8 Å². The van der Waals surface area contributed by atoms with E-state index in [1.54, 1.807) is 0 Å². The van der Waals surface area contributed by atoms with Gasteiger partial charge in [-0.2, -0.15) is 0 Å². The molecule has 1 aromatic rings. The zero-order chi connectivity index (χ0) is 13.2. The molecule has 3 nitrogen and oxygen atoms in total. The first kappa shape index (κ1) is 12.3. The second-order valence-corrected chi connectivity index (χ2v) is 5.66. The van der Waals surface area contributed by atoms with Crippen molar-refractivity contribution in [3.63, 3.8) is 0 Å². The highest BCUT2D eigenvalue weighted by atomic mass is 16.2. The molecule has 2 atom stereocenters. The molecule has 2 unspecified atom stereocenters. The highest BCUT2D eigenvalue weighted by molar-refractivity contribution is 5.89. The van der Waals surface area contributed by atoms with Crippen molar-refractivity contribution in [1.82, 2.24) is 4.90 Å². The van der Waals surface area contributed by atoms with Crippen LogP contribution in [-0.4, -0.2) is 24.0 Å². The van der Waals surface area contributed by atoms with E-state index in [0.717, 1.165) is 31.6 Å². The first-order chi connectivity index (χ1) is 9.22. The number of carbonyl (C=O) groups excluding carboxylic acids is 1. The summed E-state index contributed by atoms with van der Waals surface area (Å²) in [6.07, 6.45) is 6.75. The summed E-state index contributed by atoms with van der Waals surface area (Å²) in [5, 5.41) is 2.99. The van der Waals surface area contributed by atoms with Gasteiger partial charge in [0.15, 0.2) is 0 Å². The van der Waals surface area contributed by atoms with E-state index in [9.17, 15) is 4.79 Å². The van der Waals surface area contributed by atoms with Crippen LogP contribution in [-0.2, 0) is 0 Å². The fraction of sp³-hybridized carbons (Fsp3) is 0.438. The highest BCUT2D eigenvalue weighted by Crippen LogP contribution is 2.32. The van der Waals surface area contributed by atoms with Gasteiger partial charge in [0.25, 0.3) is 0 Å². The zero-order valence-electron chi connectivity index (χ0n) is 11.3. The second kappa shape index (κ2) is 5.08. The Kier molecular flexibility index (Phi) is 3.28. The average molecular weight is 256 g/mol. The van der Waals surface area contributed by atoms with Gasteiger partial charge in [0.05, 0.1) is 0 Å². The first-order valence-corrected chi connectivity index (χ1v) is 7.00. The minimum absolute atomic E-state index is 0.0400. The predicted octanol–water partition coefficient (Wildman–Crippen LogP) is 3.42. The Morgan fingerprint density at radius 2 is 1.68 bits per heavy atom. The normalized spacial score (nSPS) is 25.2. The summed E-state index contributed by atoms with van der Waals surface area (Å²) in [7, 11) is 0. The molecule has 0 saturated carbocycles. The number of allylic oxidation sites excluding steroid dienone is 2. The summed E-state index contributed by atoms with van der Waals surface area (Å²) in [5.74, 6) is 1.32. The number of urea groups is 1. The SMILES string of the molecule is Cc1ccc(NC(=O)N2CC3CC=CCC3C2)cc1. The van der Waals surface area contributed by atoms with Crippen molar-refractivity contribution in [3.05, 3.63) is 42.0 Å². The third-order valence-corrected chi connectivity index (χ3v) is 4.21. The number of hydrogen-bond acceptors (Lipinski definition) is 1. The lowest BCUT2D eigenvalue weighted by molar-refractivity contribution is 0.220. The molecule has 1 N–H and O–H groups in total. The molecule has 0 bridgehead atoms. The number of fused-ring (bicyclic) bond motifs is 1. The largest absolute Gasteiger partial charge is 0.324 e. The molecular weight excluding hydrogens is 236 g/mol. The average Bonchev–Trinajstić information content (AvgIpc) is 2.85. The maximum absolute atomic E-state index is 12.2. The van der Waals surface area contributed by atoms with Crippen molar-refractivity contribution in [1.29, 1.82) is 0 Å². The van der Waals surface area contributed by atoms with Gasteiger partial charge in [-0.1, -0.05) is 29.8 Å². The number of carbonyl (C=O) groups is 1. The van der Waals surface area contributed by atoms with Crippen LogP contribution in [0.1, 0.15) is 18.4 Å². The van der Waals surface area contributed by atoms with Gasteiger partial charge in [0, 0.05) is 18.8 Å². The summed E-state index contributed by atoms with van der Waals surface area (Å²) < 4.78 is 0. The number of benzene rings is 1. The van der Waals surface area contributed by atoms with Crippen LogP contribution in [0.15, 0.2) is 36.4 Å². The maximum atomic E-state index is 12.2. The Labute approximate surface area is 114 Å². The lowest BCUT2D eigenvalue weighted by Gasteiger charge is -2.17. The van der Waals surface area contributed by atoms with Crippen LogP contribution in [0.2, 0.25) is 0 Å². The van der Waals surface area contributed by atoms with Gasteiger partial charge >= 0.3 is 6.03 Å². The number of amides is 2. The predicted molar refractivity (Wildman–Crippen MR) is 77.1 cm³/mol. The molecule has 0 radical (unpaired) electrons. The molecule has 1 aliphatic heterocycles. The van der Waals surface area contributed by atoms with Gasteiger partial charge in [-0.25, -0.2) is 4.79 Å². The van der Waals surface area contributed by atoms with Crippen LogP contribution in [0.5, 0.6) is 0 Å². The summed E-state index contributed by atoms with van der Waals surface area (Å²) >= 11 is 0. The Morgan fingerprint density at radius 3 is 2.26 bits per heavy atom. The topological polar surface area (TPSA) is 32.3 Å². The van der Waals surface area contributed by atoms with Crippen molar-refractivity contribution >= 4 is 11.7 Å². The lowest BCUT2D eigenvalue weighted by Crippen LogP contribution is -2.33. The van der Waals surface area contributed by atoms with Crippen molar-refractivity contribution < 1.29 is 4.79 Å². The van der Waals surface area contributed by atoms with Crippen LogP contribution < -0.4 is 5.32 Å². The number of anilines is 1. The summed E-state index contributed by atoms with van der Waals surface area (Å²) in [5.41, 5.74) is 2.08. The van der Waals surface area contributed by atoms with Crippen molar-refractivity contribution in [3.8, 4) is 0 Å².